The van der Waals surface area contributed by atoms with Gasteiger partial charge in [-0.25, -0.2) is 0 Å². The van der Waals surface area contributed by atoms with Crippen molar-refractivity contribution in [2.45, 2.75) is 80.3 Å². The van der Waals surface area contributed by atoms with Crippen LogP contribution >= 0.6 is 11.3 Å². The highest BCUT2D eigenvalue weighted by Crippen LogP contribution is 2.43. The van der Waals surface area contributed by atoms with Crippen molar-refractivity contribution in [1.29, 1.82) is 0 Å². The summed E-state index contributed by atoms with van der Waals surface area (Å²) in [6, 6.07) is 0. The van der Waals surface area contributed by atoms with Crippen molar-refractivity contribution in [3.63, 3.8) is 0 Å². The minimum absolute atomic E-state index is 0.0113. The molecule has 0 radical (unpaired) electrons. The van der Waals surface area contributed by atoms with Gasteiger partial charge in [0.05, 0.1) is 4.88 Å². The number of aryl methyl sites for hydroxylation is 1. The molecule has 0 N–H and O–H groups in total. The lowest BCUT2D eigenvalue weighted by atomic mass is 9.68. The van der Waals surface area contributed by atoms with E-state index in [9.17, 15) is 4.79 Å². The summed E-state index contributed by atoms with van der Waals surface area (Å²) in [5.74, 6) is 0.257. The van der Waals surface area contributed by atoms with Gasteiger partial charge in [0.2, 0.25) is 0 Å². The molecule has 22 heavy (non-hydrogen) atoms. The molecule has 0 bridgehead atoms. The third-order valence-electron chi connectivity index (χ3n) is 5.83. The molecule has 0 aliphatic carbocycles. The Balaban J connectivity index is 3.33. The van der Waals surface area contributed by atoms with E-state index in [4.69, 9.17) is 0 Å². The second-order valence-corrected chi connectivity index (χ2v) is 9.71. The number of Topliss-reactive ketones (excluding diaryl/α,β-unsaturated/α-hetero) is 1. The van der Waals surface area contributed by atoms with Crippen LogP contribution in [0.4, 0.5) is 0 Å². The van der Waals surface area contributed by atoms with Crippen molar-refractivity contribution in [3.8, 4) is 0 Å². The molecule has 0 atom stereocenters. The number of nitrogens with zero attached hydrogens (tertiary/aromatic N) is 1. The molecule has 0 amide bonds. The Hall–Kier alpha value is -0.670. The van der Waals surface area contributed by atoms with E-state index in [0.29, 0.717) is 0 Å². The smallest absolute Gasteiger partial charge is 0.180 e. The van der Waals surface area contributed by atoms with Crippen LogP contribution < -0.4 is 0 Å². The van der Waals surface area contributed by atoms with Crippen molar-refractivity contribution in [2.24, 2.45) is 5.41 Å². The first-order valence-electron chi connectivity index (χ1n) is 8.01. The van der Waals surface area contributed by atoms with Gasteiger partial charge in [0.25, 0.3) is 0 Å². The van der Waals surface area contributed by atoms with Crippen molar-refractivity contribution < 1.29 is 4.79 Å². The van der Waals surface area contributed by atoms with E-state index in [0.717, 1.165) is 10.4 Å². The summed E-state index contributed by atoms with van der Waals surface area (Å²) in [5, 5.41) is 0. The van der Waals surface area contributed by atoms with Crippen molar-refractivity contribution in [3.05, 3.63) is 20.9 Å². The summed E-state index contributed by atoms with van der Waals surface area (Å²) in [5.41, 5.74) is 1.70. The lowest BCUT2D eigenvalue weighted by molar-refractivity contribution is -0.0160. The maximum Gasteiger partial charge on any atom is 0.180 e. The van der Waals surface area contributed by atoms with E-state index in [1.807, 2.05) is 0 Å². The van der Waals surface area contributed by atoms with Crippen LogP contribution in [0, 0.1) is 26.2 Å². The molecule has 0 saturated carbocycles. The second kappa shape index (κ2) is 5.76. The number of carbonyl (C=O) groups excluding carboxylic acids is 1. The lowest BCUT2D eigenvalue weighted by Crippen LogP contribution is -2.61. The SMILES string of the molecule is Cc1sc(C(=O)C(C)(C)C(C)(C)N(C)C(C)(C)C)c(C)c1C. The number of hydrogen-bond acceptors (Lipinski definition) is 3. The molecule has 126 valence electrons. The summed E-state index contributed by atoms with van der Waals surface area (Å²) in [6.07, 6.45) is 0. The minimum atomic E-state index is -0.469. The molecule has 3 heteroatoms. The Bertz CT molecular complexity index is 573. The van der Waals surface area contributed by atoms with E-state index >= 15 is 0 Å². The summed E-state index contributed by atoms with van der Waals surface area (Å²) in [4.78, 5) is 17.8. The molecule has 1 aromatic heterocycles. The molecule has 1 aromatic rings. The molecule has 0 saturated heterocycles. The molecule has 0 aliphatic rings. The van der Waals surface area contributed by atoms with Gasteiger partial charge in [0, 0.05) is 21.4 Å². The largest absolute Gasteiger partial charge is 0.295 e. The molecule has 0 spiro atoms. The van der Waals surface area contributed by atoms with Gasteiger partial charge in [-0.05, 0) is 73.6 Å². The third kappa shape index (κ3) is 3.03. The Labute approximate surface area is 140 Å². The van der Waals surface area contributed by atoms with Crippen molar-refractivity contribution in [1.82, 2.24) is 4.90 Å². The minimum Gasteiger partial charge on any atom is -0.295 e. The van der Waals surface area contributed by atoms with Crippen LogP contribution in [-0.2, 0) is 0 Å². The molecule has 1 rings (SSSR count). The molecular weight excluding hydrogens is 290 g/mol. The highest BCUT2D eigenvalue weighted by atomic mass is 32.1. The molecule has 1 heterocycles. The van der Waals surface area contributed by atoms with Crippen LogP contribution in [0.5, 0.6) is 0 Å². The van der Waals surface area contributed by atoms with Gasteiger partial charge < -0.3 is 0 Å². The van der Waals surface area contributed by atoms with Crippen LogP contribution in [0.1, 0.15) is 74.1 Å². The van der Waals surface area contributed by atoms with Gasteiger partial charge in [-0.3, -0.25) is 9.69 Å². The Kier molecular flexibility index (Phi) is 5.07. The number of rotatable bonds is 4. The zero-order valence-corrected chi connectivity index (χ0v) is 17.1. The normalized spacial score (nSPS) is 13.8. The van der Waals surface area contributed by atoms with E-state index < -0.39 is 5.41 Å². The summed E-state index contributed by atoms with van der Waals surface area (Å²) in [6.45, 7) is 21.4. The zero-order chi connectivity index (χ0) is 17.7. The number of hydrogen-bond donors (Lipinski definition) is 0. The van der Waals surface area contributed by atoms with Crippen LogP contribution in [0.2, 0.25) is 0 Å². The van der Waals surface area contributed by atoms with Gasteiger partial charge >= 0.3 is 0 Å². The maximum atomic E-state index is 13.3. The fourth-order valence-corrected chi connectivity index (χ4v) is 4.04. The summed E-state index contributed by atoms with van der Waals surface area (Å²) >= 11 is 1.64. The first kappa shape index (κ1) is 19.4. The Morgan fingerprint density at radius 2 is 1.36 bits per heavy atom. The first-order chi connectivity index (χ1) is 9.65. The standard InChI is InChI=1S/C19H33NOS/c1-12-13(2)15(22-14(12)3)16(21)18(7,8)19(9,10)20(11)17(4,5)6/h1-11H3. The van der Waals surface area contributed by atoms with E-state index in [1.54, 1.807) is 11.3 Å². The van der Waals surface area contributed by atoms with Gasteiger partial charge in [0.15, 0.2) is 5.78 Å². The second-order valence-electron chi connectivity index (χ2n) is 8.48. The third-order valence-corrected chi connectivity index (χ3v) is 7.14. The first-order valence-corrected chi connectivity index (χ1v) is 8.82. The topological polar surface area (TPSA) is 20.3 Å². The molecular formula is C19H33NOS. The van der Waals surface area contributed by atoms with Gasteiger partial charge in [-0.1, -0.05) is 13.8 Å². The molecule has 2 nitrogen and oxygen atoms in total. The quantitative estimate of drug-likeness (QED) is 0.692. The highest BCUT2D eigenvalue weighted by Gasteiger charge is 2.49. The lowest BCUT2D eigenvalue weighted by Gasteiger charge is -2.52. The number of thiophene rings is 1. The molecule has 0 unspecified atom stereocenters. The summed E-state index contributed by atoms with van der Waals surface area (Å²) in [7, 11) is 2.12. The number of ketones is 1. The monoisotopic (exact) mass is 323 g/mol. The number of carbonyl (C=O) groups is 1. The maximum absolute atomic E-state index is 13.3. The molecule has 0 fully saturated rings. The van der Waals surface area contributed by atoms with Gasteiger partial charge in [-0.15, -0.1) is 11.3 Å². The molecule has 0 aliphatic heterocycles. The molecule has 0 aromatic carbocycles. The van der Waals surface area contributed by atoms with Crippen LogP contribution in [0.3, 0.4) is 0 Å². The predicted molar refractivity (Wildman–Crippen MR) is 98.2 cm³/mol. The van der Waals surface area contributed by atoms with E-state index in [1.165, 1.54) is 10.4 Å². The highest BCUT2D eigenvalue weighted by molar-refractivity contribution is 7.14. The average molecular weight is 324 g/mol. The zero-order valence-electron chi connectivity index (χ0n) is 16.3. The van der Waals surface area contributed by atoms with Crippen LogP contribution in [0.25, 0.3) is 0 Å². The van der Waals surface area contributed by atoms with Crippen molar-refractivity contribution >= 4 is 17.1 Å². The average Bonchev–Trinajstić information content (AvgIpc) is 2.63. The van der Waals surface area contributed by atoms with Crippen molar-refractivity contribution in [2.75, 3.05) is 7.05 Å². The fraction of sp³-hybridized carbons (Fsp3) is 0.737. The Morgan fingerprint density at radius 3 is 1.68 bits per heavy atom. The van der Waals surface area contributed by atoms with E-state index in [2.05, 4.69) is 81.2 Å². The van der Waals surface area contributed by atoms with E-state index in [-0.39, 0.29) is 16.9 Å². The predicted octanol–water partition coefficient (Wildman–Crippen LogP) is 5.39. The summed E-state index contributed by atoms with van der Waals surface area (Å²) < 4.78 is 0. The van der Waals surface area contributed by atoms with Crippen LogP contribution in [0.15, 0.2) is 0 Å². The Morgan fingerprint density at radius 1 is 0.909 bits per heavy atom. The fourth-order valence-electron chi connectivity index (χ4n) is 2.78. The van der Waals surface area contributed by atoms with Crippen LogP contribution in [-0.4, -0.2) is 28.8 Å². The van der Waals surface area contributed by atoms with Gasteiger partial charge in [0.1, 0.15) is 0 Å². The van der Waals surface area contributed by atoms with Gasteiger partial charge in [-0.2, -0.15) is 0 Å².